The topological polar surface area (TPSA) is 53.6 Å². The first-order chi connectivity index (χ1) is 9.83. The second-order valence-electron chi connectivity index (χ2n) is 4.74. The zero-order valence-electron chi connectivity index (χ0n) is 11.3. The van der Waals surface area contributed by atoms with E-state index in [0.717, 1.165) is 23.5 Å². The zero-order chi connectivity index (χ0) is 13.8. The Morgan fingerprint density at radius 3 is 2.50 bits per heavy atom. The molecule has 0 bridgehead atoms. The number of nitrogens with zero attached hydrogens (tertiary/aromatic N) is 2. The number of benzene rings is 2. The molecule has 0 fully saturated rings. The predicted octanol–water partition coefficient (Wildman–Crippen LogP) is 3.45. The molecule has 0 spiro atoms. The summed E-state index contributed by atoms with van der Waals surface area (Å²) in [4.78, 5) is 0. The van der Waals surface area contributed by atoms with Gasteiger partial charge in [0.2, 0.25) is 0 Å². The van der Waals surface area contributed by atoms with Crippen molar-refractivity contribution in [1.29, 1.82) is 0 Å². The molecule has 1 heterocycles. The third-order valence-corrected chi connectivity index (χ3v) is 3.27. The second kappa shape index (κ2) is 5.57. The molecule has 20 heavy (non-hydrogen) atoms. The molecular formula is C16H16N4. The molecule has 1 aromatic heterocycles. The number of anilines is 2. The average Bonchev–Trinajstić information content (AvgIpc) is 2.96. The van der Waals surface area contributed by atoms with Gasteiger partial charge in [0, 0.05) is 17.8 Å². The Morgan fingerprint density at radius 2 is 1.75 bits per heavy atom. The van der Waals surface area contributed by atoms with Gasteiger partial charge in [0.25, 0.3) is 0 Å². The lowest BCUT2D eigenvalue weighted by molar-refractivity contribution is 0.915. The Morgan fingerprint density at radius 1 is 1.00 bits per heavy atom. The van der Waals surface area contributed by atoms with E-state index in [4.69, 9.17) is 0 Å². The van der Waals surface area contributed by atoms with Crippen LogP contribution in [0.15, 0.2) is 54.7 Å². The number of aromatic nitrogens is 3. The lowest BCUT2D eigenvalue weighted by Crippen LogP contribution is -1.98. The third kappa shape index (κ3) is 2.69. The molecule has 0 saturated heterocycles. The fraction of sp³-hybridized carbons (Fsp3) is 0.125. The Hall–Kier alpha value is -2.62. The number of rotatable bonds is 4. The number of aryl methyl sites for hydroxylation is 1. The zero-order valence-corrected chi connectivity index (χ0v) is 11.3. The van der Waals surface area contributed by atoms with Gasteiger partial charge in [0.1, 0.15) is 0 Å². The van der Waals surface area contributed by atoms with Gasteiger partial charge in [0.05, 0.1) is 11.9 Å². The van der Waals surface area contributed by atoms with Crippen LogP contribution in [0.25, 0.3) is 0 Å². The highest BCUT2D eigenvalue weighted by Crippen LogP contribution is 2.24. The summed E-state index contributed by atoms with van der Waals surface area (Å²) in [6.07, 6.45) is 2.51. The summed E-state index contributed by atoms with van der Waals surface area (Å²) >= 11 is 0. The van der Waals surface area contributed by atoms with Crippen molar-refractivity contribution in [3.8, 4) is 0 Å². The summed E-state index contributed by atoms with van der Waals surface area (Å²) in [6, 6.07) is 16.5. The lowest BCUT2D eigenvalue weighted by atomic mass is 10.1. The largest absolute Gasteiger partial charge is 0.355 e. The second-order valence-corrected chi connectivity index (χ2v) is 4.74. The number of hydrogen-bond acceptors (Lipinski definition) is 3. The molecule has 2 N–H and O–H groups in total. The van der Waals surface area contributed by atoms with Gasteiger partial charge in [-0.3, -0.25) is 0 Å². The quantitative estimate of drug-likeness (QED) is 0.759. The van der Waals surface area contributed by atoms with E-state index in [1.54, 1.807) is 6.20 Å². The minimum Gasteiger partial charge on any atom is -0.355 e. The van der Waals surface area contributed by atoms with E-state index in [2.05, 4.69) is 51.9 Å². The van der Waals surface area contributed by atoms with E-state index in [0.29, 0.717) is 0 Å². The van der Waals surface area contributed by atoms with Crippen LogP contribution in [0.4, 0.5) is 11.4 Å². The van der Waals surface area contributed by atoms with E-state index in [9.17, 15) is 0 Å². The summed E-state index contributed by atoms with van der Waals surface area (Å²) in [5, 5.41) is 14.1. The Balaban J connectivity index is 1.88. The molecule has 0 saturated carbocycles. The molecule has 4 nitrogen and oxygen atoms in total. The van der Waals surface area contributed by atoms with Crippen LogP contribution < -0.4 is 5.32 Å². The van der Waals surface area contributed by atoms with Gasteiger partial charge in [-0.2, -0.15) is 15.4 Å². The SMILES string of the molecule is Cc1ccccc1Nc1ccccc1Cc1cn[nH]n1. The van der Waals surface area contributed by atoms with Crippen molar-refractivity contribution in [1.82, 2.24) is 15.4 Å². The molecule has 0 amide bonds. The summed E-state index contributed by atoms with van der Waals surface area (Å²) in [7, 11) is 0. The van der Waals surface area contributed by atoms with Crippen LogP contribution in [0.1, 0.15) is 16.8 Å². The average molecular weight is 264 g/mol. The lowest BCUT2D eigenvalue weighted by Gasteiger charge is -2.13. The standard InChI is InChI=1S/C16H16N4/c1-12-6-2-4-8-15(12)18-16-9-5-3-7-13(16)10-14-11-17-20-19-14/h2-9,11,18H,10H2,1H3,(H,17,19,20). The smallest absolute Gasteiger partial charge is 0.0869 e. The fourth-order valence-electron chi connectivity index (χ4n) is 2.16. The van der Waals surface area contributed by atoms with E-state index < -0.39 is 0 Å². The number of H-pyrrole nitrogens is 1. The van der Waals surface area contributed by atoms with Crippen LogP contribution in [0, 0.1) is 6.92 Å². The van der Waals surface area contributed by atoms with Gasteiger partial charge in [0.15, 0.2) is 0 Å². The van der Waals surface area contributed by atoms with Crippen LogP contribution >= 0.6 is 0 Å². The minimum atomic E-state index is 0.756. The van der Waals surface area contributed by atoms with Crippen molar-refractivity contribution >= 4 is 11.4 Å². The predicted molar refractivity (Wildman–Crippen MR) is 80.1 cm³/mol. The van der Waals surface area contributed by atoms with E-state index >= 15 is 0 Å². The molecule has 4 heteroatoms. The van der Waals surface area contributed by atoms with Crippen LogP contribution in [-0.2, 0) is 6.42 Å². The molecular weight excluding hydrogens is 248 g/mol. The van der Waals surface area contributed by atoms with Crippen LogP contribution in [-0.4, -0.2) is 15.4 Å². The molecule has 0 aliphatic heterocycles. The highest BCUT2D eigenvalue weighted by Gasteiger charge is 2.06. The molecule has 3 aromatic rings. The maximum absolute atomic E-state index is 4.11. The van der Waals surface area contributed by atoms with Gasteiger partial charge < -0.3 is 5.32 Å². The maximum Gasteiger partial charge on any atom is 0.0869 e. The Bertz CT molecular complexity index is 689. The van der Waals surface area contributed by atoms with Crippen LogP contribution in [0.3, 0.4) is 0 Å². The normalized spacial score (nSPS) is 10.4. The molecule has 0 unspecified atom stereocenters. The van der Waals surface area contributed by atoms with Crippen molar-refractivity contribution in [3.05, 3.63) is 71.5 Å². The van der Waals surface area contributed by atoms with Gasteiger partial charge in [-0.25, -0.2) is 0 Å². The summed E-state index contributed by atoms with van der Waals surface area (Å²) in [5.41, 5.74) is 5.59. The van der Waals surface area contributed by atoms with Gasteiger partial charge in [-0.05, 0) is 30.2 Å². The van der Waals surface area contributed by atoms with Gasteiger partial charge >= 0.3 is 0 Å². The van der Waals surface area contributed by atoms with Gasteiger partial charge in [-0.15, -0.1) is 0 Å². The molecule has 3 rings (SSSR count). The number of hydrogen-bond donors (Lipinski definition) is 2. The third-order valence-electron chi connectivity index (χ3n) is 3.27. The molecule has 0 radical (unpaired) electrons. The van der Waals surface area contributed by atoms with Crippen LogP contribution in [0.5, 0.6) is 0 Å². The highest BCUT2D eigenvalue weighted by atomic mass is 15.3. The number of aromatic amines is 1. The molecule has 0 aliphatic rings. The first kappa shape index (κ1) is 12.4. The highest BCUT2D eigenvalue weighted by molar-refractivity contribution is 5.66. The van der Waals surface area contributed by atoms with Crippen molar-refractivity contribution in [2.75, 3.05) is 5.32 Å². The summed E-state index contributed by atoms with van der Waals surface area (Å²) < 4.78 is 0. The number of para-hydroxylation sites is 2. The Labute approximate surface area is 117 Å². The first-order valence-corrected chi connectivity index (χ1v) is 6.58. The van der Waals surface area contributed by atoms with E-state index in [1.165, 1.54) is 11.1 Å². The van der Waals surface area contributed by atoms with Crippen molar-refractivity contribution in [3.63, 3.8) is 0 Å². The molecule has 0 atom stereocenters. The van der Waals surface area contributed by atoms with Crippen molar-refractivity contribution < 1.29 is 0 Å². The molecule has 0 aliphatic carbocycles. The molecule has 100 valence electrons. The molecule has 2 aromatic carbocycles. The summed E-state index contributed by atoms with van der Waals surface area (Å²) in [5.74, 6) is 0. The van der Waals surface area contributed by atoms with Crippen molar-refractivity contribution in [2.45, 2.75) is 13.3 Å². The van der Waals surface area contributed by atoms with Crippen molar-refractivity contribution in [2.24, 2.45) is 0 Å². The van der Waals surface area contributed by atoms with Crippen LogP contribution in [0.2, 0.25) is 0 Å². The van der Waals surface area contributed by atoms with E-state index in [1.807, 2.05) is 24.3 Å². The Kier molecular flexibility index (Phi) is 3.46. The fourth-order valence-corrected chi connectivity index (χ4v) is 2.16. The minimum absolute atomic E-state index is 0.756. The summed E-state index contributed by atoms with van der Waals surface area (Å²) in [6.45, 7) is 2.10. The number of nitrogens with one attached hydrogen (secondary N) is 2. The monoisotopic (exact) mass is 264 g/mol. The maximum atomic E-state index is 4.11. The first-order valence-electron chi connectivity index (χ1n) is 6.58. The van der Waals surface area contributed by atoms with E-state index in [-0.39, 0.29) is 0 Å². The van der Waals surface area contributed by atoms with Gasteiger partial charge in [-0.1, -0.05) is 36.4 Å².